The summed E-state index contributed by atoms with van der Waals surface area (Å²) in [6, 6.07) is 5.25. The first-order chi connectivity index (χ1) is 11.3. The highest BCUT2D eigenvalue weighted by molar-refractivity contribution is 7.89. The molecule has 0 aliphatic carbocycles. The number of hydrogen-bond acceptors (Lipinski definition) is 6. The number of nitrogens with one attached hydrogen (secondary N) is 2. The van der Waals surface area contributed by atoms with Crippen LogP contribution in [0.5, 0.6) is 5.75 Å². The van der Waals surface area contributed by atoms with Crippen LogP contribution in [-0.2, 0) is 21.2 Å². The Balaban J connectivity index is 2.16. The summed E-state index contributed by atoms with van der Waals surface area (Å²) in [6.45, 7) is 0.839. The van der Waals surface area contributed by atoms with Crippen molar-refractivity contribution in [1.82, 2.24) is 14.6 Å². The maximum atomic E-state index is 11.8. The third-order valence-electron chi connectivity index (χ3n) is 3.41. The molecule has 0 saturated carbocycles. The molecular weight excluding hydrogens is 334 g/mol. The number of carbonyl (C=O) groups excluding carboxylic acids is 1. The minimum Gasteiger partial charge on any atom is -0.416 e. The van der Waals surface area contributed by atoms with Gasteiger partial charge in [0.1, 0.15) is 5.75 Å². The van der Waals surface area contributed by atoms with Crippen molar-refractivity contribution >= 4 is 27.1 Å². The van der Waals surface area contributed by atoms with Gasteiger partial charge in [-0.3, -0.25) is 0 Å². The molecule has 0 aliphatic heterocycles. The molecule has 24 heavy (non-hydrogen) atoms. The van der Waals surface area contributed by atoms with Crippen LogP contribution in [0, 0.1) is 0 Å². The number of ether oxygens (including phenoxy) is 2. The molecular formula is C15H21N3O5S. The van der Waals surface area contributed by atoms with Crippen LogP contribution in [0.1, 0.15) is 5.56 Å². The molecule has 8 nitrogen and oxygen atoms in total. The Kier molecular flexibility index (Phi) is 5.81. The van der Waals surface area contributed by atoms with Gasteiger partial charge in [-0.1, -0.05) is 6.07 Å². The van der Waals surface area contributed by atoms with Crippen LogP contribution in [-0.4, -0.2) is 58.1 Å². The predicted octanol–water partition coefficient (Wildman–Crippen LogP) is 1.29. The molecule has 9 heteroatoms. The molecule has 0 atom stereocenters. The van der Waals surface area contributed by atoms with Gasteiger partial charge >= 0.3 is 6.16 Å². The van der Waals surface area contributed by atoms with E-state index in [1.165, 1.54) is 7.05 Å². The lowest BCUT2D eigenvalue weighted by molar-refractivity contribution is 0.115. The van der Waals surface area contributed by atoms with Gasteiger partial charge in [-0.05, 0) is 45.3 Å². The van der Waals surface area contributed by atoms with Gasteiger partial charge in [0.15, 0.2) is 0 Å². The molecule has 0 radical (unpaired) electrons. The Hall–Kier alpha value is -2.10. The number of fused-ring (bicyclic) bond motifs is 1. The predicted molar refractivity (Wildman–Crippen MR) is 90.5 cm³/mol. The molecule has 1 aromatic heterocycles. The maximum Gasteiger partial charge on any atom is 0.514 e. The average molecular weight is 355 g/mol. The van der Waals surface area contributed by atoms with Gasteiger partial charge in [-0.2, -0.15) is 0 Å². The second kappa shape index (κ2) is 7.65. The zero-order valence-electron chi connectivity index (χ0n) is 13.8. The van der Waals surface area contributed by atoms with Crippen molar-refractivity contribution in [3.05, 3.63) is 30.0 Å². The number of H-pyrrole nitrogens is 1. The highest BCUT2D eigenvalue weighted by atomic mass is 32.2. The number of benzene rings is 1. The normalized spacial score (nSPS) is 11.8. The molecule has 2 N–H and O–H groups in total. The van der Waals surface area contributed by atoms with Crippen molar-refractivity contribution in [3.63, 3.8) is 0 Å². The first-order valence-corrected chi connectivity index (χ1v) is 8.97. The third-order valence-corrected chi connectivity index (χ3v) is 4.46. The van der Waals surface area contributed by atoms with E-state index in [-0.39, 0.29) is 0 Å². The van der Waals surface area contributed by atoms with Crippen molar-refractivity contribution < 1.29 is 22.7 Å². The van der Waals surface area contributed by atoms with E-state index in [1.54, 1.807) is 12.1 Å². The van der Waals surface area contributed by atoms with E-state index in [9.17, 15) is 13.2 Å². The molecule has 0 fully saturated rings. The SMILES string of the molecule is CNS(=O)(=O)COC(=O)Oc1cccc2[nH]cc(CCN(C)C)c12. The van der Waals surface area contributed by atoms with Gasteiger partial charge in [0.2, 0.25) is 16.0 Å². The van der Waals surface area contributed by atoms with Crippen molar-refractivity contribution in [3.8, 4) is 5.75 Å². The topological polar surface area (TPSA) is 101 Å². The zero-order valence-corrected chi connectivity index (χ0v) is 14.6. The van der Waals surface area contributed by atoms with E-state index in [1.807, 2.05) is 26.4 Å². The van der Waals surface area contributed by atoms with Crippen LogP contribution in [0.2, 0.25) is 0 Å². The quantitative estimate of drug-likeness (QED) is 0.573. The number of nitrogens with zero attached hydrogens (tertiary/aromatic N) is 1. The molecule has 0 unspecified atom stereocenters. The number of carbonyl (C=O) groups is 1. The molecule has 0 saturated heterocycles. The van der Waals surface area contributed by atoms with E-state index < -0.39 is 22.1 Å². The van der Waals surface area contributed by atoms with Gasteiger partial charge < -0.3 is 19.4 Å². The lowest BCUT2D eigenvalue weighted by Crippen LogP contribution is -2.26. The standard InChI is InChI=1S/C15H21N3O5S/c1-16-24(20,21)10-22-15(19)23-13-6-4-5-12-14(13)11(9-17-12)7-8-18(2)3/h4-6,9,16-17H,7-8,10H2,1-3H3. The zero-order chi connectivity index (χ0) is 17.7. The van der Waals surface area contributed by atoms with E-state index >= 15 is 0 Å². The van der Waals surface area contributed by atoms with Crippen LogP contribution >= 0.6 is 0 Å². The van der Waals surface area contributed by atoms with Crippen molar-refractivity contribution in [2.45, 2.75) is 6.42 Å². The second-order valence-electron chi connectivity index (χ2n) is 5.48. The van der Waals surface area contributed by atoms with Crippen LogP contribution in [0.15, 0.2) is 24.4 Å². The Morgan fingerprint density at radius 2 is 2.08 bits per heavy atom. The number of rotatable bonds is 7. The fourth-order valence-electron chi connectivity index (χ4n) is 2.15. The Labute approximate surface area is 140 Å². The first kappa shape index (κ1) is 18.2. The maximum absolute atomic E-state index is 11.8. The number of hydrogen-bond donors (Lipinski definition) is 2. The lowest BCUT2D eigenvalue weighted by atomic mass is 10.1. The Bertz CT molecular complexity index is 814. The fraction of sp³-hybridized carbons (Fsp3) is 0.400. The smallest absolute Gasteiger partial charge is 0.416 e. The summed E-state index contributed by atoms with van der Waals surface area (Å²) in [5, 5.41) is 0.785. The summed E-state index contributed by atoms with van der Waals surface area (Å²) in [7, 11) is 1.54. The van der Waals surface area contributed by atoms with E-state index in [2.05, 4.69) is 19.3 Å². The minimum atomic E-state index is -3.65. The number of likely N-dealkylation sites (N-methyl/N-ethyl adjacent to an activating group) is 1. The lowest BCUT2D eigenvalue weighted by Gasteiger charge is -2.10. The monoisotopic (exact) mass is 355 g/mol. The van der Waals surface area contributed by atoms with E-state index in [4.69, 9.17) is 4.74 Å². The van der Waals surface area contributed by atoms with Gasteiger partial charge in [-0.25, -0.2) is 17.9 Å². The van der Waals surface area contributed by atoms with Crippen molar-refractivity contribution in [2.75, 3.05) is 33.6 Å². The van der Waals surface area contributed by atoms with Gasteiger partial charge in [0, 0.05) is 23.6 Å². The van der Waals surface area contributed by atoms with Crippen molar-refractivity contribution in [1.29, 1.82) is 0 Å². The highest BCUT2D eigenvalue weighted by Gasteiger charge is 2.16. The number of sulfonamides is 1. The van der Waals surface area contributed by atoms with Crippen LogP contribution < -0.4 is 9.46 Å². The molecule has 0 aliphatic rings. The summed E-state index contributed by atoms with van der Waals surface area (Å²) in [5.41, 5.74) is 1.84. The molecule has 1 aromatic carbocycles. The number of aromatic nitrogens is 1. The largest absolute Gasteiger partial charge is 0.514 e. The molecule has 0 spiro atoms. The molecule has 2 aromatic rings. The molecule has 1 heterocycles. The van der Waals surface area contributed by atoms with Crippen LogP contribution in [0.25, 0.3) is 10.9 Å². The highest BCUT2D eigenvalue weighted by Crippen LogP contribution is 2.29. The summed E-state index contributed by atoms with van der Waals surface area (Å²) in [5.74, 6) is -0.465. The third kappa shape index (κ3) is 4.70. The summed E-state index contributed by atoms with van der Waals surface area (Å²) >= 11 is 0. The second-order valence-corrected chi connectivity index (χ2v) is 7.35. The Morgan fingerprint density at radius 3 is 2.75 bits per heavy atom. The minimum absolute atomic E-state index is 0.328. The van der Waals surface area contributed by atoms with Gasteiger partial charge in [-0.15, -0.1) is 0 Å². The van der Waals surface area contributed by atoms with Crippen LogP contribution in [0.4, 0.5) is 4.79 Å². The van der Waals surface area contributed by atoms with Crippen LogP contribution in [0.3, 0.4) is 0 Å². The molecule has 132 valence electrons. The Morgan fingerprint density at radius 1 is 1.33 bits per heavy atom. The summed E-state index contributed by atoms with van der Waals surface area (Å²) in [4.78, 5) is 17.0. The average Bonchev–Trinajstić information content (AvgIpc) is 2.95. The van der Waals surface area contributed by atoms with Crippen molar-refractivity contribution in [2.24, 2.45) is 0 Å². The van der Waals surface area contributed by atoms with Gasteiger partial charge in [0.05, 0.1) is 0 Å². The van der Waals surface area contributed by atoms with Gasteiger partial charge in [0.25, 0.3) is 0 Å². The fourth-order valence-corrected chi connectivity index (χ4v) is 2.52. The van der Waals surface area contributed by atoms with E-state index in [0.29, 0.717) is 5.75 Å². The first-order valence-electron chi connectivity index (χ1n) is 7.32. The summed E-state index contributed by atoms with van der Waals surface area (Å²) < 4.78 is 34.4. The number of aromatic amines is 1. The molecule has 2 rings (SSSR count). The molecule has 0 bridgehead atoms. The van der Waals surface area contributed by atoms with E-state index in [0.717, 1.165) is 29.4 Å². The molecule has 0 amide bonds. The summed E-state index contributed by atoms with van der Waals surface area (Å²) in [6.07, 6.45) is 1.58.